The number of thiocarbonyl (C=S) groups is 1. The van der Waals surface area contributed by atoms with E-state index in [-0.39, 0.29) is 6.04 Å². The standard InChI is InChI=1S/C23H28ClN3O2S/c1-15-5-4-12-27(14-15)19-9-6-17(7-10-19)16(2)25-23(30)26-18-8-11-21(24)20(13-18)22(28)29-3/h6-11,13,15-16H,4-5,12,14H2,1-3H3,(H2,25,26,30)/t15-,16-/m0/s1. The van der Waals surface area contributed by atoms with E-state index in [0.29, 0.717) is 21.4 Å². The summed E-state index contributed by atoms with van der Waals surface area (Å²) in [6.45, 7) is 6.62. The summed E-state index contributed by atoms with van der Waals surface area (Å²) in [6.07, 6.45) is 2.57. The number of methoxy groups -OCH3 is 1. The lowest BCUT2D eigenvalue weighted by molar-refractivity contribution is 0.0601. The molecule has 2 aromatic rings. The van der Waals surface area contributed by atoms with E-state index in [0.717, 1.165) is 24.6 Å². The minimum absolute atomic E-state index is 0.0340. The van der Waals surface area contributed by atoms with Crippen molar-refractivity contribution in [2.45, 2.75) is 32.7 Å². The van der Waals surface area contributed by atoms with E-state index in [1.807, 2.05) is 0 Å². The molecule has 5 nitrogen and oxygen atoms in total. The number of benzene rings is 2. The Hall–Kier alpha value is -2.31. The summed E-state index contributed by atoms with van der Waals surface area (Å²) in [5.41, 5.74) is 3.38. The number of anilines is 2. The Labute approximate surface area is 188 Å². The number of halogens is 1. The van der Waals surface area contributed by atoms with E-state index in [1.54, 1.807) is 18.2 Å². The summed E-state index contributed by atoms with van der Waals surface area (Å²) in [5.74, 6) is 0.258. The third kappa shape index (κ3) is 5.64. The molecular weight excluding hydrogens is 418 g/mol. The predicted molar refractivity (Wildman–Crippen MR) is 128 cm³/mol. The zero-order valence-electron chi connectivity index (χ0n) is 17.6. The Morgan fingerprint density at radius 3 is 2.67 bits per heavy atom. The summed E-state index contributed by atoms with van der Waals surface area (Å²) in [4.78, 5) is 14.3. The van der Waals surface area contributed by atoms with Crippen LogP contribution in [0, 0.1) is 5.92 Å². The van der Waals surface area contributed by atoms with Crippen LogP contribution in [0.15, 0.2) is 42.5 Å². The molecule has 30 heavy (non-hydrogen) atoms. The van der Waals surface area contributed by atoms with Crippen LogP contribution < -0.4 is 15.5 Å². The Balaban J connectivity index is 1.60. The summed E-state index contributed by atoms with van der Waals surface area (Å²) in [5, 5.41) is 7.19. The first-order valence-electron chi connectivity index (χ1n) is 10.2. The van der Waals surface area contributed by atoms with Crippen LogP contribution in [0.2, 0.25) is 5.02 Å². The van der Waals surface area contributed by atoms with Crippen LogP contribution in [0.25, 0.3) is 0 Å². The molecule has 0 aliphatic carbocycles. The van der Waals surface area contributed by atoms with E-state index in [4.69, 9.17) is 28.6 Å². The molecule has 0 radical (unpaired) electrons. The van der Waals surface area contributed by atoms with Gasteiger partial charge in [-0.25, -0.2) is 4.79 Å². The lowest BCUT2D eigenvalue weighted by atomic mass is 9.99. The van der Waals surface area contributed by atoms with Crippen molar-refractivity contribution >= 4 is 46.3 Å². The number of ether oxygens (including phenoxy) is 1. The van der Waals surface area contributed by atoms with E-state index in [1.165, 1.54) is 25.6 Å². The highest BCUT2D eigenvalue weighted by molar-refractivity contribution is 7.80. The summed E-state index contributed by atoms with van der Waals surface area (Å²) < 4.78 is 4.76. The maximum atomic E-state index is 11.8. The van der Waals surface area contributed by atoms with Gasteiger partial charge in [0.1, 0.15) is 0 Å². The molecule has 0 unspecified atom stereocenters. The lowest BCUT2D eigenvalue weighted by Crippen LogP contribution is -2.34. The highest BCUT2D eigenvalue weighted by Gasteiger charge is 2.17. The molecule has 1 heterocycles. The maximum absolute atomic E-state index is 11.8. The number of rotatable bonds is 5. The Kier molecular flexibility index (Phi) is 7.56. The van der Waals surface area contributed by atoms with E-state index in [2.05, 4.69) is 53.6 Å². The van der Waals surface area contributed by atoms with Gasteiger partial charge in [0.05, 0.1) is 23.7 Å². The largest absolute Gasteiger partial charge is 0.465 e. The number of carbonyl (C=O) groups excluding carboxylic acids is 1. The number of piperidine rings is 1. The molecule has 0 saturated carbocycles. The van der Waals surface area contributed by atoms with Crippen molar-refractivity contribution in [3.8, 4) is 0 Å². The fraction of sp³-hybridized carbons (Fsp3) is 0.391. The number of hydrogen-bond acceptors (Lipinski definition) is 4. The van der Waals surface area contributed by atoms with Crippen molar-refractivity contribution < 1.29 is 9.53 Å². The fourth-order valence-corrected chi connectivity index (χ4v) is 4.20. The minimum Gasteiger partial charge on any atom is -0.465 e. The van der Waals surface area contributed by atoms with Crippen LogP contribution in [-0.2, 0) is 4.74 Å². The van der Waals surface area contributed by atoms with Crippen molar-refractivity contribution in [3.05, 3.63) is 58.6 Å². The molecule has 2 atom stereocenters. The van der Waals surface area contributed by atoms with Crippen molar-refractivity contribution in [2.75, 3.05) is 30.4 Å². The fourth-order valence-electron chi connectivity index (χ4n) is 3.71. The van der Waals surface area contributed by atoms with Crippen molar-refractivity contribution in [3.63, 3.8) is 0 Å². The third-order valence-electron chi connectivity index (χ3n) is 5.39. The number of hydrogen-bond donors (Lipinski definition) is 2. The SMILES string of the molecule is COC(=O)c1cc(NC(=S)N[C@@H](C)c2ccc(N3CCC[C@H](C)C3)cc2)ccc1Cl. The van der Waals surface area contributed by atoms with E-state index < -0.39 is 5.97 Å². The maximum Gasteiger partial charge on any atom is 0.339 e. The predicted octanol–water partition coefficient (Wildman–Crippen LogP) is 5.41. The van der Waals surface area contributed by atoms with Crippen LogP contribution in [0.1, 0.15) is 48.7 Å². The average Bonchev–Trinajstić information content (AvgIpc) is 2.74. The zero-order chi connectivity index (χ0) is 21.7. The molecule has 0 spiro atoms. The Morgan fingerprint density at radius 2 is 2.00 bits per heavy atom. The quantitative estimate of drug-likeness (QED) is 0.474. The number of carbonyl (C=O) groups is 1. The van der Waals surface area contributed by atoms with Gasteiger partial charge in [0, 0.05) is 24.5 Å². The van der Waals surface area contributed by atoms with Gasteiger partial charge in [0.15, 0.2) is 5.11 Å². The van der Waals surface area contributed by atoms with Gasteiger partial charge in [-0.2, -0.15) is 0 Å². The van der Waals surface area contributed by atoms with Gasteiger partial charge in [-0.05, 0) is 73.8 Å². The molecular formula is C23H28ClN3O2S. The van der Waals surface area contributed by atoms with Gasteiger partial charge >= 0.3 is 5.97 Å². The molecule has 2 N–H and O–H groups in total. The van der Waals surface area contributed by atoms with Gasteiger partial charge in [0.25, 0.3) is 0 Å². The highest BCUT2D eigenvalue weighted by Crippen LogP contribution is 2.25. The molecule has 1 aliphatic heterocycles. The molecule has 160 valence electrons. The van der Waals surface area contributed by atoms with Crippen molar-refractivity contribution in [1.82, 2.24) is 5.32 Å². The number of nitrogens with one attached hydrogen (secondary N) is 2. The van der Waals surface area contributed by atoms with Crippen molar-refractivity contribution in [2.24, 2.45) is 5.92 Å². The summed E-state index contributed by atoms with van der Waals surface area (Å²) in [6, 6.07) is 13.7. The average molecular weight is 446 g/mol. The van der Waals surface area contributed by atoms with Crippen LogP contribution in [0.5, 0.6) is 0 Å². The van der Waals surface area contributed by atoms with Gasteiger partial charge in [-0.3, -0.25) is 0 Å². The summed E-state index contributed by atoms with van der Waals surface area (Å²) >= 11 is 11.5. The molecule has 1 saturated heterocycles. The second-order valence-corrected chi connectivity index (χ2v) is 8.61. The second-order valence-electron chi connectivity index (χ2n) is 7.79. The first kappa shape index (κ1) is 22.4. The highest BCUT2D eigenvalue weighted by atomic mass is 35.5. The van der Waals surface area contributed by atoms with Crippen LogP contribution in [-0.4, -0.2) is 31.3 Å². The molecule has 3 rings (SSSR count). The van der Waals surface area contributed by atoms with Gasteiger partial charge in [-0.1, -0.05) is 30.7 Å². The lowest BCUT2D eigenvalue weighted by Gasteiger charge is -2.33. The number of nitrogens with zero attached hydrogens (tertiary/aromatic N) is 1. The normalized spacial score (nSPS) is 17.2. The zero-order valence-corrected chi connectivity index (χ0v) is 19.1. The molecule has 2 aromatic carbocycles. The smallest absolute Gasteiger partial charge is 0.339 e. The van der Waals surface area contributed by atoms with Crippen LogP contribution in [0.4, 0.5) is 11.4 Å². The second kappa shape index (κ2) is 10.1. The van der Waals surface area contributed by atoms with Gasteiger partial charge < -0.3 is 20.3 Å². The first-order chi connectivity index (χ1) is 14.4. The van der Waals surface area contributed by atoms with Crippen LogP contribution >= 0.6 is 23.8 Å². The molecule has 0 bridgehead atoms. The number of esters is 1. The van der Waals surface area contributed by atoms with E-state index >= 15 is 0 Å². The Morgan fingerprint density at radius 1 is 1.27 bits per heavy atom. The summed E-state index contributed by atoms with van der Waals surface area (Å²) in [7, 11) is 1.32. The minimum atomic E-state index is -0.487. The topological polar surface area (TPSA) is 53.6 Å². The van der Waals surface area contributed by atoms with Crippen molar-refractivity contribution in [1.29, 1.82) is 0 Å². The molecule has 0 aromatic heterocycles. The first-order valence-corrected chi connectivity index (χ1v) is 11.0. The molecule has 1 aliphatic rings. The van der Waals surface area contributed by atoms with Gasteiger partial charge in [-0.15, -0.1) is 0 Å². The molecule has 1 fully saturated rings. The molecule has 7 heteroatoms. The van der Waals surface area contributed by atoms with Crippen LogP contribution in [0.3, 0.4) is 0 Å². The Bertz CT molecular complexity index is 904. The van der Waals surface area contributed by atoms with Gasteiger partial charge in [0.2, 0.25) is 0 Å². The third-order valence-corrected chi connectivity index (χ3v) is 5.94. The molecule has 0 amide bonds. The van der Waals surface area contributed by atoms with E-state index in [9.17, 15) is 4.79 Å². The monoisotopic (exact) mass is 445 g/mol.